The molecule has 1 aromatic rings. The molecule has 0 atom stereocenters. The summed E-state index contributed by atoms with van der Waals surface area (Å²) >= 11 is 0. The van der Waals surface area contributed by atoms with E-state index in [4.69, 9.17) is 10.4 Å². The van der Waals surface area contributed by atoms with Crippen LogP contribution in [0.3, 0.4) is 0 Å². The Hall–Kier alpha value is -2.42. The van der Waals surface area contributed by atoms with E-state index in [9.17, 15) is 4.79 Å². The summed E-state index contributed by atoms with van der Waals surface area (Å²) in [6.07, 6.45) is 5.99. The van der Waals surface area contributed by atoms with Gasteiger partial charge in [-0.1, -0.05) is 0 Å². The third-order valence-electron chi connectivity index (χ3n) is 2.42. The predicted octanol–water partition coefficient (Wildman–Crippen LogP) is 1.70. The molecule has 6 nitrogen and oxygen atoms in total. The molecule has 0 aromatic carbocycles. The number of carboxylic acid groups (broad SMARTS) is 1. The van der Waals surface area contributed by atoms with E-state index >= 15 is 0 Å². The van der Waals surface area contributed by atoms with Crippen molar-refractivity contribution >= 4 is 18.0 Å². The maximum Gasteiger partial charge on any atom is 0.328 e. The first kappa shape index (κ1) is 14.6. The van der Waals surface area contributed by atoms with Crippen LogP contribution in [0.15, 0.2) is 18.5 Å². The number of hydrogen-bond donors (Lipinski definition) is 1. The van der Waals surface area contributed by atoms with Crippen LogP contribution < -0.4 is 4.90 Å². The maximum atomic E-state index is 10.4. The summed E-state index contributed by atoms with van der Waals surface area (Å²) in [5.74, 6) is -0.473. The van der Waals surface area contributed by atoms with Gasteiger partial charge in [0, 0.05) is 36.6 Å². The molecule has 1 heterocycles. The summed E-state index contributed by atoms with van der Waals surface area (Å²) in [6, 6.07) is 2.28. The Morgan fingerprint density at radius 3 is 2.63 bits per heavy atom. The van der Waals surface area contributed by atoms with Crippen LogP contribution in [0.25, 0.3) is 6.08 Å². The first-order valence-corrected chi connectivity index (χ1v) is 5.91. The number of nitriles is 1. The third-order valence-corrected chi connectivity index (χ3v) is 2.42. The lowest BCUT2D eigenvalue weighted by Crippen LogP contribution is -2.33. The first-order chi connectivity index (χ1) is 9.04. The molecule has 0 saturated heterocycles. The van der Waals surface area contributed by atoms with E-state index < -0.39 is 5.97 Å². The highest BCUT2D eigenvalue weighted by Crippen LogP contribution is 2.12. The molecule has 0 amide bonds. The molecule has 0 radical (unpaired) electrons. The van der Waals surface area contributed by atoms with Crippen LogP contribution in [-0.4, -0.2) is 33.6 Å². The molecule has 1 N–H and O–H groups in total. The Kier molecular flexibility index (Phi) is 5.48. The fourth-order valence-corrected chi connectivity index (χ4v) is 1.49. The van der Waals surface area contributed by atoms with Crippen molar-refractivity contribution in [3.05, 3.63) is 24.0 Å². The van der Waals surface area contributed by atoms with Gasteiger partial charge in [0.2, 0.25) is 5.95 Å². The van der Waals surface area contributed by atoms with E-state index in [2.05, 4.69) is 16.0 Å². The van der Waals surface area contributed by atoms with Crippen LogP contribution in [0, 0.1) is 11.3 Å². The average molecular weight is 260 g/mol. The molecule has 0 unspecified atom stereocenters. The lowest BCUT2D eigenvalue weighted by Gasteiger charge is -2.25. The smallest absolute Gasteiger partial charge is 0.328 e. The third kappa shape index (κ3) is 4.76. The molecular formula is C13H16N4O2. The van der Waals surface area contributed by atoms with Crippen molar-refractivity contribution < 1.29 is 9.90 Å². The van der Waals surface area contributed by atoms with Gasteiger partial charge in [-0.3, -0.25) is 0 Å². The highest BCUT2D eigenvalue weighted by molar-refractivity contribution is 5.85. The van der Waals surface area contributed by atoms with Crippen molar-refractivity contribution in [1.29, 1.82) is 5.26 Å². The second kappa shape index (κ2) is 7.11. The van der Waals surface area contributed by atoms with Gasteiger partial charge >= 0.3 is 5.97 Å². The van der Waals surface area contributed by atoms with Crippen LogP contribution in [0.2, 0.25) is 0 Å². The van der Waals surface area contributed by atoms with Crippen molar-refractivity contribution in [3.63, 3.8) is 0 Å². The van der Waals surface area contributed by atoms with Gasteiger partial charge < -0.3 is 10.0 Å². The molecule has 0 saturated carbocycles. The molecular weight excluding hydrogens is 244 g/mol. The average Bonchev–Trinajstić information content (AvgIpc) is 2.37. The zero-order valence-corrected chi connectivity index (χ0v) is 10.9. The number of aliphatic carboxylic acids is 1. The van der Waals surface area contributed by atoms with Gasteiger partial charge in [-0.15, -0.1) is 0 Å². The number of nitrogens with zero attached hydrogens (tertiary/aromatic N) is 4. The number of hydrogen-bond acceptors (Lipinski definition) is 5. The van der Waals surface area contributed by atoms with E-state index in [0.29, 0.717) is 24.5 Å². The Morgan fingerprint density at radius 1 is 1.53 bits per heavy atom. The second-order valence-electron chi connectivity index (χ2n) is 4.18. The van der Waals surface area contributed by atoms with E-state index in [1.165, 1.54) is 6.08 Å². The molecule has 0 spiro atoms. The zero-order chi connectivity index (χ0) is 14.3. The van der Waals surface area contributed by atoms with Crippen LogP contribution in [0.4, 0.5) is 5.95 Å². The van der Waals surface area contributed by atoms with Gasteiger partial charge in [0.05, 0.1) is 12.5 Å². The number of aromatic nitrogens is 2. The predicted molar refractivity (Wildman–Crippen MR) is 71.4 cm³/mol. The van der Waals surface area contributed by atoms with Gasteiger partial charge in [-0.05, 0) is 19.9 Å². The molecule has 0 bridgehead atoms. The molecule has 1 rings (SSSR count). The number of carbonyl (C=O) groups is 1. The maximum absolute atomic E-state index is 10.4. The van der Waals surface area contributed by atoms with Crippen LogP contribution in [0.5, 0.6) is 0 Å². The molecule has 0 aliphatic heterocycles. The minimum atomic E-state index is -1.01. The van der Waals surface area contributed by atoms with Crippen LogP contribution in [-0.2, 0) is 4.79 Å². The second-order valence-corrected chi connectivity index (χ2v) is 4.18. The standard InChI is InChI=1S/C13H16N4O2/c1-10(2)17(7-3-6-14)13-15-8-11(9-16-13)4-5-12(18)19/h4-5,8-10H,3,7H2,1-2H3,(H,18,19)/b5-4+. The minimum Gasteiger partial charge on any atom is -0.478 e. The van der Waals surface area contributed by atoms with Crippen molar-refractivity contribution in [2.24, 2.45) is 0 Å². The summed E-state index contributed by atoms with van der Waals surface area (Å²) in [5, 5.41) is 17.1. The quantitative estimate of drug-likeness (QED) is 0.783. The van der Waals surface area contributed by atoms with Crippen molar-refractivity contribution in [2.75, 3.05) is 11.4 Å². The lowest BCUT2D eigenvalue weighted by atomic mass is 10.3. The molecule has 6 heteroatoms. The summed E-state index contributed by atoms with van der Waals surface area (Å²) in [5.41, 5.74) is 0.620. The highest BCUT2D eigenvalue weighted by Gasteiger charge is 2.12. The molecule has 100 valence electrons. The monoisotopic (exact) mass is 260 g/mol. The Labute approximate surface area is 112 Å². The number of anilines is 1. The fourth-order valence-electron chi connectivity index (χ4n) is 1.49. The molecule has 0 aliphatic carbocycles. The van der Waals surface area contributed by atoms with Crippen molar-refractivity contribution in [3.8, 4) is 6.07 Å². The van der Waals surface area contributed by atoms with Gasteiger partial charge in [0.25, 0.3) is 0 Å². The van der Waals surface area contributed by atoms with Gasteiger partial charge in [0.15, 0.2) is 0 Å². The van der Waals surface area contributed by atoms with Gasteiger partial charge in [-0.25, -0.2) is 14.8 Å². The first-order valence-electron chi connectivity index (χ1n) is 5.91. The Bertz CT molecular complexity index is 488. The SMILES string of the molecule is CC(C)N(CCC#N)c1ncc(/C=C/C(=O)O)cn1. The Morgan fingerprint density at radius 2 is 2.16 bits per heavy atom. The van der Waals surface area contributed by atoms with E-state index in [1.54, 1.807) is 12.4 Å². The lowest BCUT2D eigenvalue weighted by molar-refractivity contribution is -0.131. The van der Waals surface area contributed by atoms with Crippen molar-refractivity contribution in [1.82, 2.24) is 9.97 Å². The van der Waals surface area contributed by atoms with E-state index in [0.717, 1.165) is 6.08 Å². The summed E-state index contributed by atoms with van der Waals surface area (Å²) < 4.78 is 0. The van der Waals surface area contributed by atoms with Crippen LogP contribution >= 0.6 is 0 Å². The normalized spacial score (nSPS) is 10.6. The zero-order valence-electron chi connectivity index (χ0n) is 10.9. The van der Waals surface area contributed by atoms with Gasteiger partial charge in [-0.2, -0.15) is 5.26 Å². The summed E-state index contributed by atoms with van der Waals surface area (Å²) in [7, 11) is 0. The molecule has 1 aromatic heterocycles. The van der Waals surface area contributed by atoms with E-state index in [1.807, 2.05) is 18.7 Å². The molecule has 0 fully saturated rings. The minimum absolute atomic E-state index is 0.189. The molecule has 19 heavy (non-hydrogen) atoms. The van der Waals surface area contributed by atoms with Crippen LogP contribution in [0.1, 0.15) is 25.8 Å². The number of carboxylic acids is 1. The fraction of sp³-hybridized carbons (Fsp3) is 0.385. The summed E-state index contributed by atoms with van der Waals surface area (Å²) in [4.78, 5) is 20.7. The van der Waals surface area contributed by atoms with Gasteiger partial charge in [0.1, 0.15) is 0 Å². The molecule has 0 aliphatic rings. The Balaban J connectivity index is 2.83. The highest BCUT2D eigenvalue weighted by atomic mass is 16.4. The van der Waals surface area contributed by atoms with Crippen molar-refractivity contribution in [2.45, 2.75) is 26.3 Å². The number of rotatable bonds is 6. The summed E-state index contributed by atoms with van der Waals surface area (Å²) in [6.45, 7) is 4.57. The van der Waals surface area contributed by atoms with E-state index in [-0.39, 0.29) is 6.04 Å². The topological polar surface area (TPSA) is 90.1 Å². The largest absolute Gasteiger partial charge is 0.478 e.